The van der Waals surface area contributed by atoms with Gasteiger partial charge in [0.2, 0.25) is 0 Å². The molecule has 0 spiro atoms. The number of benzene rings is 1. The number of hydrogen-bond donors (Lipinski definition) is 0. The molecule has 0 fully saturated rings. The topological polar surface area (TPSA) is 12.9 Å². The molecule has 1 aliphatic rings. The van der Waals surface area contributed by atoms with Gasteiger partial charge in [-0.25, -0.2) is 0 Å². The molecule has 0 amide bonds. The molecule has 0 saturated carbocycles. The lowest BCUT2D eigenvalue weighted by atomic mass is 9.82. The van der Waals surface area contributed by atoms with Crippen LogP contribution in [-0.2, 0) is 10.8 Å². The number of hydrogen-bond acceptors (Lipinski definition) is 1. The van der Waals surface area contributed by atoms with Crippen LogP contribution in [0.1, 0.15) is 50.8 Å². The average molecular weight is 344 g/mol. The summed E-state index contributed by atoms with van der Waals surface area (Å²) in [6, 6.07) is 9.02. The van der Waals surface area contributed by atoms with Crippen molar-refractivity contribution >= 4 is 15.9 Å². The second kappa shape index (κ2) is 4.67. The minimum atomic E-state index is 0.234. The maximum Gasteiger partial charge on any atom is 0.0732 e. The Morgan fingerprint density at radius 1 is 1.00 bits per heavy atom. The number of halogens is 1. The summed E-state index contributed by atoms with van der Waals surface area (Å²) in [6.45, 7) is 11.5. The molecule has 1 aliphatic carbocycles. The normalized spacial score (nSPS) is 18.6. The number of fused-ring (bicyclic) bond motifs is 1. The zero-order valence-electron chi connectivity index (χ0n) is 13.4. The molecule has 2 aromatic rings. The predicted molar refractivity (Wildman–Crippen MR) is 92.8 cm³/mol. The summed E-state index contributed by atoms with van der Waals surface area (Å²) in [5.74, 6) is 0. The second-order valence-corrected chi connectivity index (χ2v) is 8.44. The Balaban J connectivity index is 2.17. The van der Waals surface area contributed by atoms with Crippen molar-refractivity contribution in [3.8, 4) is 11.3 Å². The number of rotatable bonds is 1. The molecule has 110 valence electrons. The summed E-state index contributed by atoms with van der Waals surface area (Å²) in [5.41, 5.74) is 6.99. The maximum absolute atomic E-state index is 4.61. The van der Waals surface area contributed by atoms with Crippen LogP contribution in [0, 0.1) is 6.92 Å². The molecule has 2 heteroatoms. The second-order valence-electron chi connectivity index (χ2n) is 7.52. The zero-order chi connectivity index (χ0) is 15.4. The first-order valence-corrected chi connectivity index (χ1v) is 8.27. The molecule has 0 atom stereocenters. The highest BCUT2D eigenvalue weighted by atomic mass is 79.9. The highest BCUT2D eigenvalue weighted by Crippen LogP contribution is 2.50. The molecule has 3 rings (SSSR count). The molecular formula is C19H22BrN. The van der Waals surface area contributed by atoms with E-state index in [1.54, 1.807) is 0 Å². The van der Waals surface area contributed by atoms with E-state index < -0.39 is 0 Å². The fourth-order valence-electron chi connectivity index (χ4n) is 3.98. The highest BCUT2D eigenvalue weighted by Gasteiger charge is 2.41. The quantitative estimate of drug-likeness (QED) is 0.639. The lowest BCUT2D eigenvalue weighted by molar-refractivity contribution is 0.403. The van der Waals surface area contributed by atoms with Crippen LogP contribution >= 0.6 is 15.9 Å². The smallest absolute Gasteiger partial charge is 0.0732 e. The fraction of sp³-hybridized carbons (Fsp3) is 0.421. The van der Waals surface area contributed by atoms with E-state index in [0.717, 1.165) is 10.2 Å². The van der Waals surface area contributed by atoms with Crippen LogP contribution in [0.4, 0.5) is 0 Å². The summed E-state index contributed by atoms with van der Waals surface area (Å²) in [7, 11) is 0. The van der Waals surface area contributed by atoms with Gasteiger partial charge in [-0.2, -0.15) is 0 Å². The summed E-state index contributed by atoms with van der Waals surface area (Å²) in [6.07, 6.45) is 3.08. The summed E-state index contributed by atoms with van der Waals surface area (Å²) < 4.78 is 1.03. The van der Waals surface area contributed by atoms with Crippen LogP contribution in [0.25, 0.3) is 11.3 Å². The van der Waals surface area contributed by atoms with Gasteiger partial charge in [-0.05, 0) is 68.9 Å². The Kier molecular flexibility index (Phi) is 3.29. The van der Waals surface area contributed by atoms with E-state index in [2.05, 4.69) is 79.8 Å². The SMILES string of the molecule is Cc1cc(Br)cnc1-c1ccc2c(c1)C(C)(C)CC2(C)C. The molecule has 1 nitrogen and oxygen atoms in total. The molecule has 0 bridgehead atoms. The van der Waals surface area contributed by atoms with Crippen molar-refractivity contribution in [3.63, 3.8) is 0 Å². The van der Waals surface area contributed by atoms with Gasteiger partial charge in [0.25, 0.3) is 0 Å². The monoisotopic (exact) mass is 343 g/mol. The van der Waals surface area contributed by atoms with E-state index in [0.29, 0.717) is 0 Å². The Labute approximate surface area is 135 Å². The number of nitrogens with zero attached hydrogens (tertiary/aromatic N) is 1. The van der Waals surface area contributed by atoms with Gasteiger partial charge < -0.3 is 0 Å². The molecular weight excluding hydrogens is 322 g/mol. The van der Waals surface area contributed by atoms with Crippen molar-refractivity contribution in [1.29, 1.82) is 0 Å². The van der Waals surface area contributed by atoms with Crippen molar-refractivity contribution in [2.24, 2.45) is 0 Å². The largest absolute Gasteiger partial charge is 0.255 e. The standard InChI is InChI=1S/C19H22BrN/c1-12-8-14(20)10-21-17(12)13-6-7-15-16(9-13)19(4,5)11-18(15,2)3/h6-10H,11H2,1-5H3. The van der Waals surface area contributed by atoms with Gasteiger partial charge >= 0.3 is 0 Å². The summed E-state index contributed by atoms with van der Waals surface area (Å²) in [5, 5.41) is 0. The van der Waals surface area contributed by atoms with Crippen LogP contribution in [0.15, 0.2) is 34.9 Å². The van der Waals surface area contributed by atoms with Crippen LogP contribution in [0.3, 0.4) is 0 Å². The van der Waals surface area contributed by atoms with Crippen LogP contribution in [0.5, 0.6) is 0 Å². The van der Waals surface area contributed by atoms with E-state index in [1.165, 1.54) is 28.7 Å². The van der Waals surface area contributed by atoms with E-state index >= 15 is 0 Å². The van der Waals surface area contributed by atoms with E-state index in [-0.39, 0.29) is 10.8 Å². The highest BCUT2D eigenvalue weighted by molar-refractivity contribution is 9.10. The number of pyridine rings is 1. The molecule has 0 N–H and O–H groups in total. The molecule has 0 radical (unpaired) electrons. The molecule has 0 saturated heterocycles. The van der Waals surface area contributed by atoms with Crippen LogP contribution in [-0.4, -0.2) is 4.98 Å². The van der Waals surface area contributed by atoms with Gasteiger partial charge in [0.05, 0.1) is 5.69 Å². The van der Waals surface area contributed by atoms with Gasteiger partial charge in [0, 0.05) is 16.2 Å². The summed E-state index contributed by atoms with van der Waals surface area (Å²) >= 11 is 3.49. The van der Waals surface area contributed by atoms with E-state index in [1.807, 2.05) is 6.20 Å². The van der Waals surface area contributed by atoms with Gasteiger partial charge in [0.15, 0.2) is 0 Å². The lowest BCUT2D eigenvalue weighted by Gasteiger charge is -2.22. The third-order valence-electron chi connectivity index (χ3n) is 4.68. The van der Waals surface area contributed by atoms with Gasteiger partial charge in [-0.3, -0.25) is 4.98 Å². The lowest BCUT2D eigenvalue weighted by Crippen LogP contribution is -2.17. The minimum Gasteiger partial charge on any atom is -0.255 e. The van der Waals surface area contributed by atoms with Gasteiger partial charge in [0.1, 0.15) is 0 Å². The van der Waals surface area contributed by atoms with Crippen molar-refractivity contribution in [2.75, 3.05) is 0 Å². The first-order chi connectivity index (χ1) is 9.71. The van der Waals surface area contributed by atoms with Crippen molar-refractivity contribution < 1.29 is 0 Å². The molecule has 21 heavy (non-hydrogen) atoms. The van der Waals surface area contributed by atoms with Crippen LogP contribution < -0.4 is 0 Å². The zero-order valence-corrected chi connectivity index (χ0v) is 15.0. The number of aromatic nitrogens is 1. The van der Waals surface area contributed by atoms with Crippen molar-refractivity contribution in [1.82, 2.24) is 4.98 Å². The Bertz CT molecular complexity index is 714. The van der Waals surface area contributed by atoms with Crippen molar-refractivity contribution in [3.05, 3.63) is 51.6 Å². The molecule has 1 aromatic carbocycles. The van der Waals surface area contributed by atoms with E-state index in [4.69, 9.17) is 0 Å². The predicted octanol–water partition coefficient (Wildman–Crippen LogP) is 5.78. The maximum atomic E-state index is 4.61. The fourth-order valence-corrected chi connectivity index (χ4v) is 4.43. The molecule has 1 heterocycles. The number of aryl methyl sites for hydroxylation is 1. The summed E-state index contributed by atoms with van der Waals surface area (Å²) in [4.78, 5) is 4.61. The Morgan fingerprint density at radius 2 is 1.67 bits per heavy atom. The average Bonchev–Trinajstić information content (AvgIpc) is 2.55. The molecule has 0 aliphatic heterocycles. The third kappa shape index (κ3) is 2.44. The Hall–Kier alpha value is -1.15. The molecule has 1 aromatic heterocycles. The van der Waals surface area contributed by atoms with Gasteiger partial charge in [-0.15, -0.1) is 0 Å². The minimum absolute atomic E-state index is 0.234. The first kappa shape index (κ1) is 14.8. The van der Waals surface area contributed by atoms with Crippen molar-refractivity contribution in [2.45, 2.75) is 51.9 Å². The Morgan fingerprint density at radius 3 is 2.33 bits per heavy atom. The first-order valence-electron chi connectivity index (χ1n) is 7.48. The molecule has 0 unspecified atom stereocenters. The van der Waals surface area contributed by atoms with Crippen LogP contribution in [0.2, 0.25) is 0 Å². The van der Waals surface area contributed by atoms with Gasteiger partial charge in [-0.1, -0.05) is 39.8 Å². The third-order valence-corrected chi connectivity index (χ3v) is 5.11. The van der Waals surface area contributed by atoms with E-state index in [9.17, 15) is 0 Å².